The molecule has 19 heavy (non-hydrogen) atoms. The molecule has 2 aromatic rings. The molecule has 0 saturated carbocycles. The summed E-state index contributed by atoms with van der Waals surface area (Å²) in [5.41, 5.74) is 1.29. The molecule has 5 nitrogen and oxygen atoms in total. The van der Waals surface area contributed by atoms with E-state index in [4.69, 9.17) is 15.3 Å². The highest BCUT2D eigenvalue weighted by molar-refractivity contribution is 5.36. The van der Waals surface area contributed by atoms with Gasteiger partial charge in [-0.3, -0.25) is 0 Å². The maximum atomic E-state index is 9.01. The Morgan fingerprint density at radius 1 is 1.26 bits per heavy atom. The standard InChI is InChI=1S/C14H12N4O/c1-11-17-13(9-15)14(18(11)10-16)19-8-7-12-5-3-2-4-6-12/h2-6H,7-8H2,1H3. The summed E-state index contributed by atoms with van der Waals surface area (Å²) in [5, 5.41) is 18.0. The van der Waals surface area contributed by atoms with E-state index in [0.29, 0.717) is 18.9 Å². The number of ether oxygens (including phenoxy) is 1. The van der Waals surface area contributed by atoms with Gasteiger partial charge in [-0.25, -0.2) is 9.55 Å². The lowest BCUT2D eigenvalue weighted by Gasteiger charge is -2.05. The Kier molecular flexibility index (Phi) is 3.80. The highest BCUT2D eigenvalue weighted by atomic mass is 16.5. The summed E-state index contributed by atoms with van der Waals surface area (Å²) in [4.78, 5) is 3.98. The van der Waals surface area contributed by atoms with Crippen LogP contribution in [0.2, 0.25) is 0 Å². The number of hydrogen-bond donors (Lipinski definition) is 0. The SMILES string of the molecule is Cc1nc(C#N)c(OCCc2ccccc2)n1C#N. The van der Waals surface area contributed by atoms with Crippen molar-refractivity contribution < 1.29 is 4.74 Å². The molecule has 0 aliphatic heterocycles. The Morgan fingerprint density at radius 3 is 2.63 bits per heavy atom. The molecular weight excluding hydrogens is 240 g/mol. The molecule has 0 spiro atoms. The summed E-state index contributed by atoms with van der Waals surface area (Å²) in [7, 11) is 0. The van der Waals surface area contributed by atoms with Gasteiger partial charge in [-0.05, 0) is 12.5 Å². The highest BCUT2D eigenvalue weighted by Gasteiger charge is 2.15. The molecule has 0 bridgehead atoms. The van der Waals surface area contributed by atoms with Crippen LogP contribution in [-0.2, 0) is 6.42 Å². The third-order valence-corrected chi connectivity index (χ3v) is 2.68. The number of hydrogen-bond acceptors (Lipinski definition) is 4. The largest absolute Gasteiger partial charge is 0.476 e. The van der Waals surface area contributed by atoms with Crippen LogP contribution in [0.15, 0.2) is 30.3 Å². The van der Waals surface area contributed by atoms with Gasteiger partial charge in [0.05, 0.1) is 6.61 Å². The van der Waals surface area contributed by atoms with E-state index < -0.39 is 0 Å². The molecule has 0 fully saturated rings. The van der Waals surface area contributed by atoms with Gasteiger partial charge < -0.3 is 4.74 Å². The number of nitrogens with zero attached hydrogens (tertiary/aromatic N) is 4. The Balaban J connectivity index is 2.08. The average molecular weight is 252 g/mol. The van der Waals surface area contributed by atoms with E-state index in [0.717, 1.165) is 5.56 Å². The molecule has 2 rings (SSSR count). The Hall–Kier alpha value is -2.79. The van der Waals surface area contributed by atoms with Gasteiger partial charge in [0.1, 0.15) is 11.9 Å². The fourth-order valence-electron chi connectivity index (χ4n) is 1.75. The van der Waals surface area contributed by atoms with E-state index in [9.17, 15) is 0 Å². The first kappa shape index (κ1) is 12.7. The zero-order chi connectivity index (χ0) is 13.7. The minimum atomic E-state index is 0.145. The van der Waals surface area contributed by atoms with Crippen molar-refractivity contribution in [2.24, 2.45) is 0 Å². The molecule has 0 N–H and O–H groups in total. The van der Waals surface area contributed by atoms with Gasteiger partial charge in [-0.15, -0.1) is 0 Å². The van der Waals surface area contributed by atoms with Gasteiger partial charge in [-0.2, -0.15) is 10.5 Å². The van der Waals surface area contributed by atoms with Crippen LogP contribution in [0, 0.1) is 29.7 Å². The Morgan fingerprint density at radius 2 is 2.00 bits per heavy atom. The molecule has 0 unspecified atom stereocenters. The smallest absolute Gasteiger partial charge is 0.246 e. The van der Waals surface area contributed by atoms with Crippen molar-refractivity contribution in [3.63, 3.8) is 0 Å². The molecule has 94 valence electrons. The number of aromatic nitrogens is 2. The third kappa shape index (κ3) is 2.72. The van der Waals surface area contributed by atoms with Gasteiger partial charge in [0.15, 0.2) is 6.19 Å². The van der Waals surface area contributed by atoms with Crippen molar-refractivity contribution in [1.29, 1.82) is 10.5 Å². The quantitative estimate of drug-likeness (QED) is 0.834. The average Bonchev–Trinajstić information content (AvgIpc) is 2.75. The lowest BCUT2D eigenvalue weighted by atomic mass is 10.2. The molecule has 0 aliphatic carbocycles. The van der Waals surface area contributed by atoms with Crippen molar-refractivity contribution in [1.82, 2.24) is 9.55 Å². The van der Waals surface area contributed by atoms with E-state index in [1.54, 1.807) is 6.92 Å². The van der Waals surface area contributed by atoms with Gasteiger partial charge in [0.2, 0.25) is 11.6 Å². The van der Waals surface area contributed by atoms with Crippen LogP contribution in [0.25, 0.3) is 0 Å². The normalized spacial score (nSPS) is 9.63. The molecule has 1 aromatic carbocycles. The molecule has 5 heteroatoms. The second-order valence-electron chi connectivity index (χ2n) is 3.94. The first-order valence-corrected chi connectivity index (χ1v) is 5.82. The van der Waals surface area contributed by atoms with Crippen LogP contribution >= 0.6 is 0 Å². The summed E-state index contributed by atoms with van der Waals surface area (Å²) < 4.78 is 6.76. The van der Waals surface area contributed by atoms with Crippen LogP contribution in [-0.4, -0.2) is 16.2 Å². The molecular formula is C14H12N4O. The Bertz CT molecular complexity index is 647. The van der Waals surface area contributed by atoms with Crippen LogP contribution in [0.5, 0.6) is 5.88 Å². The maximum absolute atomic E-state index is 9.01. The summed E-state index contributed by atoms with van der Waals surface area (Å²) in [6.07, 6.45) is 2.65. The molecule has 0 saturated heterocycles. The van der Waals surface area contributed by atoms with E-state index in [2.05, 4.69) is 4.98 Å². The highest BCUT2D eigenvalue weighted by Crippen LogP contribution is 2.19. The minimum Gasteiger partial charge on any atom is -0.476 e. The van der Waals surface area contributed by atoms with Gasteiger partial charge in [0, 0.05) is 6.42 Å². The number of imidazole rings is 1. The van der Waals surface area contributed by atoms with Crippen molar-refractivity contribution in [3.8, 4) is 18.1 Å². The summed E-state index contributed by atoms with van der Waals surface area (Å²) >= 11 is 0. The zero-order valence-corrected chi connectivity index (χ0v) is 10.5. The van der Waals surface area contributed by atoms with Crippen molar-refractivity contribution in [2.75, 3.05) is 6.61 Å². The monoisotopic (exact) mass is 252 g/mol. The topological polar surface area (TPSA) is 74.6 Å². The predicted octanol–water partition coefficient (Wildman–Crippen LogP) is 2.01. The fraction of sp³-hybridized carbons (Fsp3) is 0.214. The first-order valence-electron chi connectivity index (χ1n) is 5.82. The second-order valence-corrected chi connectivity index (χ2v) is 3.94. The van der Waals surface area contributed by atoms with Crippen molar-refractivity contribution >= 4 is 0 Å². The maximum Gasteiger partial charge on any atom is 0.246 e. The van der Waals surface area contributed by atoms with Crippen LogP contribution in [0.3, 0.4) is 0 Å². The molecule has 1 heterocycles. The number of rotatable bonds is 4. The lowest BCUT2D eigenvalue weighted by molar-refractivity contribution is 0.303. The van der Waals surface area contributed by atoms with E-state index >= 15 is 0 Å². The lowest BCUT2D eigenvalue weighted by Crippen LogP contribution is -2.06. The van der Waals surface area contributed by atoms with Gasteiger partial charge in [0.25, 0.3) is 0 Å². The van der Waals surface area contributed by atoms with Crippen LogP contribution in [0.4, 0.5) is 0 Å². The number of nitriles is 2. The van der Waals surface area contributed by atoms with Crippen molar-refractivity contribution in [2.45, 2.75) is 13.3 Å². The molecule has 0 amide bonds. The molecule has 0 aliphatic rings. The predicted molar refractivity (Wildman–Crippen MR) is 68.3 cm³/mol. The van der Waals surface area contributed by atoms with Crippen molar-refractivity contribution in [3.05, 3.63) is 47.4 Å². The molecule has 0 atom stereocenters. The second kappa shape index (κ2) is 5.70. The van der Waals surface area contributed by atoms with Crippen LogP contribution < -0.4 is 4.74 Å². The Labute approximate surface area is 111 Å². The minimum absolute atomic E-state index is 0.145. The van der Waals surface area contributed by atoms with E-state index in [1.165, 1.54) is 4.57 Å². The van der Waals surface area contributed by atoms with Crippen LogP contribution in [0.1, 0.15) is 17.1 Å². The third-order valence-electron chi connectivity index (χ3n) is 2.68. The molecule has 1 aromatic heterocycles. The number of benzene rings is 1. The summed E-state index contributed by atoms with van der Waals surface area (Å²) in [5.74, 6) is 0.673. The molecule has 0 radical (unpaired) electrons. The van der Waals surface area contributed by atoms with E-state index in [1.807, 2.05) is 42.6 Å². The summed E-state index contributed by atoms with van der Waals surface area (Å²) in [6.45, 7) is 2.06. The first-order chi connectivity index (χ1) is 9.26. The fourth-order valence-corrected chi connectivity index (χ4v) is 1.75. The van der Waals surface area contributed by atoms with Gasteiger partial charge >= 0.3 is 0 Å². The van der Waals surface area contributed by atoms with Gasteiger partial charge in [-0.1, -0.05) is 30.3 Å². The van der Waals surface area contributed by atoms with E-state index in [-0.39, 0.29) is 11.6 Å². The summed E-state index contributed by atoms with van der Waals surface area (Å²) in [6, 6.07) is 11.8. The number of aryl methyl sites for hydroxylation is 1. The zero-order valence-electron chi connectivity index (χ0n) is 10.5.